The molecule has 9 heteroatoms. The first-order chi connectivity index (χ1) is 16.1. The number of anilines is 2. The van der Waals surface area contributed by atoms with Crippen molar-refractivity contribution in [1.82, 2.24) is 9.97 Å². The number of thiophene rings is 1. The van der Waals surface area contributed by atoms with Gasteiger partial charge in [-0.3, -0.25) is 4.79 Å². The van der Waals surface area contributed by atoms with Gasteiger partial charge in [-0.2, -0.15) is 0 Å². The molecule has 8 nitrogen and oxygen atoms in total. The number of carbonyl (C=O) groups excluding carboxylic acids is 2. The van der Waals surface area contributed by atoms with E-state index >= 15 is 0 Å². The Hall–Kier alpha value is -3.20. The van der Waals surface area contributed by atoms with Gasteiger partial charge in [0.1, 0.15) is 16.4 Å². The Kier molecular flexibility index (Phi) is 6.13. The van der Waals surface area contributed by atoms with E-state index in [4.69, 9.17) is 15.2 Å². The standard InChI is InChI=1S/C24H26N4O4S/c25-23-22-17-5-2-1-3-6-18(17)33-24(22)27-19(26-23)13-32-21(30)14-31-16-10-8-15(9-11-16)28-12-4-7-20(28)29/h8-11H,1-7,12-14H2,(H2,25,26,27). The van der Waals surface area contributed by atoms with Gasteiger partial charge in [-0.25, -0.2) is 14.8 Å². The molecule has 0 saturated carbocycles. The number of ether oxygens (including phenoxy) is 2. The van der Waals surface area contributed by atoms with Crippen LogP contribution in [0.25, 0.3) is 10.2 Å². The van der Waals surface area contributed by atoms with E-state index in [1.165, 1.54) is 23.3 Å². The van der Waals surface area contributed by atoms with Gasteiger partial charge in [0.15, 0.2) is 19.0 Å². The smallest absolute Gasteiger partial charge is 0.344 e. The van der Waals surface area contributed by atoms with Crippen molar-refractivity contribution in [3.05, 3.63) is 40.5 Å². The van der Waals surface area contributed by atoms with Gasteiger partial charge in [0, 0.05) is 23.5 Å². The molecule has 1 aliphatic carbocycles. The lowest BCUT2D eigenvalue weighted by Crippen LogP contribution is -2.23. The zero-order valence-corrected chi connectivity index (χ0v) is 19.2. The van der Waals surface area contributed by atoms with Crippen LogP contribution in [-0.2, 0) is 33.8 Å². The summed E-state index contributed by atoms with van der Waals surface area (Å²) < 4.78 is 10.8. The van der Waals surface area contributed by atoms with Crippen molar-refractivity contribution in [3.63, 3.8) is 0 Å². The number of aromatic nitrogens is 2. The lowest BCUT2D eigenvalue weighted by atomic mass is 10.1. The molecule has 1 aliphatic heterocycles. The van der Waals surface area contributed by atoms with Crippen LogP contribution in [0.3, 0.4) is 0 Å². The number of benzene rings is 1. The van der Waals surface area contributed by atoms with Gasteiger partial charge < -0.3 is 20.1 Å². The van der Waals surface area contributed by atoms with E-state index in [2.05, 4.69) is 9.97 Å². The fourth-order valence-electron chi connectivity index (χ4n) is 4.45. The average Bonchev–Trinajstić information content (AvgIpc) is 3.32. The third-order valence-electron chi connectivity index (χ3n) is 6.08. The van der Waals surface area contributed by atoms with Gasteiger partial charge in [-0.05, 0) is 61.9 Å². The van der Waals surface area contributed by atoms with Gasteiger partial charge in [0.2, 0.25) is 5.91 Å². The molecule has 0 unspecified atom stereocenters. The molecule has 1 amide bonds. The quantitative estimate of drug-likeness (QED) is 0.435. The number of hydrogen-bond donors (Lipinski definition) is 1. The first kappa shape index (κ1) is 21.6. The number of rotatable bonds is 6. The molecule has 2 aromatic heterocycles. The summed E-state index contributed by atoms with van der Waals surface area (Å²) in [5.41, 5.74) is 8.38. The topological polar surface area (TPSA) is 108 Å². The van der Waals surface area contributed by atoms with Crippen LogP contribution in [0, 0.1) is 0 Å². The van der Waals surface area contributed by atoms with Crippen LogP contribution in [-0.4, -0.2) is 35.0 Å². The van der Waals surface area contributed by atoms with Crippen molar-refractivity contribution in [1.29, 1.82) is 0 Å². The van der Waals surface area contributed by atoms with Crippen molar-refractivity contribution in [2.75, 3.05) is 23.8 Å². The second kappa shape index (κ2) is 9.35. The highest BCUT2D eigenvalue weighted by Crippen LogP contribution is 2.37. The lowest BCUT2D eigenvalue weighted by molar-refractivity contribution is -0.147. The van der Waals surface area contributed by atoms with Crippen LogP contribution in [0.4, 0.5) is 11.5 Å². The van der Waals surface area contributed by atoms with E-state index < -0.39 is 5.97 Å². The minimum absolute atomic E-state index is 0.0547. The van der Waals surface area contributed by atoms with E-state index in [0.717, 1.165) is 48.1 Å². The van der Waals surface area contributed by atoms with Crippen molar-refractivity contribution in [2.45, 2.75) is 51.6 Å². The van der Waals surface area contributed by atoms with Gasteiger partial charge >= 0.3 is 5.97 Å². The first-order valence-corrected chi connectivity index (χ1v) is 12.2. The molecule has 0 atom stereocenters. The molecule has 2 aliphatic rings. The molecule has 33 heavy (non-hydrogen) atoms. The van der Waals surface area contributed by atoms with Gasteiger partial charge in [-0.1, -0.05) is 6.42 Å². The number of nitrogens with zero attached hydrogens (tertiary/aromatic N) is 3. The Morgan fingerprint density at radius 2 is 1.88 bits per heavy atom. The number of carbonyl (C=O) groups is 2. The highest BCUT2D eigenvalue weighted by Gasteiger charge is 2.22. The van der Waals surface area contributed by atoms with Crippen molar-refractivity contribution >= 4 is 44.9 Å². The summed E-state index contributed by atoms with van der Waals surface area (Å²) in [6.07, 6.45) is 7.13. The third-order valence-corrected chi connectivity index (χ3v) is 7.27. The van der Waals surface area contributed by atoms with Crippen LogP contribution >= 0.6 is 11.3 Å². The summed E-state index contributed by atoms with van der Waals surface area (Å²) in [7, 11) is 0. The molecule has 3 heterocycles. The highest BCUT2D eigenvalue weighted by molar-refractivity contribution is 7.19. The van der Waals surface area contributed by atoms with Crippen LogP contribution in [0.15, 0.2) is 24.3 Å². The van der Waals surface area contributed by atoms with Gasteiger partial charge in [-0.15, -0.1) is 11.3 Å². The highest BCUT2D eigenvalue weighted by atomic mass is 32.1. The summed E-state index contributed by atoms with van der Waals surface area (Å²) in [5, 5.41) is 0.967. The molecule has 0 radical (unpaired) electrons. The number of aryl methyl sites for hydroxylation is 2. The summed E-state index contributed by atoms with van der Waals surface area (Å²) in [5.74, 6) is 0.997. The van der Waals surface area contributed by atoms with Crippen LogP contribution in [0.5, 0.6) is 5.75 Å². The monoisotopic (exact) mass is 466 g/mol. The summed E-state index contributed by atoms with van der Waals surface area (Å²) >= 11 is 1.67. The first-order valence-electron chi connectivity index (χ1n) is 11.3. The van der Waals surface area contributed by atoms with Gasteiger partial charge in [0.25, 0.3) is 0 Å². The molecule has 172 valence electrons. The molecule has 0 bridgehead atoms. The summed E-state index contributed by atoms with van der Waals surface area (Å²) in [4.78, 5) is 37.0. The second-order valence-electron chi connectivity index (χ2n) is 8.36. The predicted molar refractivity (Wildman–Crippen MR) is 126 cm³/mol. The number of nitrogens with two attached hydrogens (primary N) is 1. The molecular formula is C24H26N4O4S. The van der Waals surface area contributed by atoms with Gasteiger partial charge in [0.05, 0.1) is 5.39 Å². The van der Waals surface area contributed by atoms with Crippen molar-refractivity contribution < 1.29 is 19.1 Å². The Balaban J connectivity index is 1.17. The minimum atomic E-state index is -0.516. The predicted octanol–water partition coefficient (Wildman–Crippen LogP) is 3.79. The van der Waals surface area contributed by atoms with Crippen LogP contribution in [0.1, 0.15) is 48.4 Å². The molecule has 5 rings (SSSR count). The Morgan fingerprint density at radius 3 is 2.67 bits per heavy atom. The van der Waals surface area contributed by atoms with E-state index in [1.54, 1.807) is 28.4 Å². The molecule has 1 aromatic carbocycles. The third kappa shape index (κ3) is 4.64. The SMILES string of the molecule is Nc1nc(COC(=O)COc2ccc(N3CCCC3=O)cc2)nc2sc3c(c12)CCCCC3. The number of esters is 1. The Bertz CT molecular complexity index is 1190. The van der Waals surface area contributed by atoms with E-state index in [9.17, 15) is 9.59 Å². The van der Waals surface area contributed by atoms with Crippen molar-refractivity contribution in [3.8, 4) is 5.75 Å². The number of amides is 1. The summed E-state index contributed by atoms with van der Waals surface area (Å²) in [6, 6.07) is 7.12. The van der Waals surface area contributed by atoms with Crippen molar-refractivity contribution in [2.24, 2.45) is 0 Å². The van der Waals surface area contributed by atoms with E-state index in [-0.39, 0.29) is 19.1 Å². The number of nitrogen functional groups attached to an aromatic ring is 1. The molecular weight excluding hydrogens is 440 g/mol. The maximum absolute atomic E-state index is 12.2. The maximum atomic E-state index is 12.2. The largest absolute Gasteiger partial charge is 0.482 e. The molecule has 0 spiro atoms. The normalized spacial score (nSPS) is 16.0. The Morgan fingerprint density at radius 1 is 1.06 bits per heavy atom. The molecule has 2 N–H and O–H groups in total. The average molecular weight is 467 g/mol. The fourth-order valence-corrected chi connectivity index (χ4v) is 5.73. The Labute approximate surface area is 195 Å². The fraction of sp³-hybridized carbons (Fsp3) is 0.417. The maximum Gasteiger partial charge on any atom is 0.344 e. The number of hydrogen-bond acceptors (Lipinski definition) is 8. The second-order valence-corrected chi connectivity index (χ2v) is 9.45. The van der Waals surface area contributed by atoms with E-state index in [1.807, 2.05) is 12.1 Å². The molecule has 1 fully saturated rings. The number of fused-ring (bicyclic) bond motifs is 3. The lowest BCUT2D eigenvalue weighted by Gasteiger charge is -2.16. The van der Waals surface area contributed by atoms with Crippen LogP contribution < -0.4 is 15.4 Å². The molecule has 3 aromatic rings. The summed E-state index contributed by atoms with van der Waals surface area (Å²) in [6.45, 7) is 0.450. The minimum Gasteiger partial charge on any atom is -0.482 e. The van der Waals surface area contributed by atoms with Crippen LogP contribution in [0.2, 0.25) is 0 Å². The molecule has 1 saturated heterocycles. The van der Waals surface area contributed by atoms with E-state index in [0.29, 0.717) is 23.8 Å². The zero-order chi connectivity index (χ0) is 22.8. The zero-order valence-electron chi connectivity index (χ0n) is 18.3.